The van der Waals surface area contributed by atoms with Crippen LogP contribution >= 0.6 is 11.3 Å². The van der Waals surface area contributed by atoms with Crippen LogP contribution in [0, 0.1) is 0 Å². The standard InChI is InChI=1S/C13H14N2O2S/c1-2-17-13(16)8-11-9-18-12(15-11)7-10-5-3-4-6-14-10/h3-6,9H,2,7-8H2,1H3. The summed E-state index contributed by atoms with van der Waals surface area (Å²) in [5.74, 6) is -0.229. The van der Waals surface area contributed by atoms with Crippen LogP contribution in [0.25, 0.3) is 0 Å². The molecule has 0 aliphatic rings. The van der Waals surface area contributed by atoms with E-state index < -0.39 is 0 Å². The number of nitrogens with zero attached hydrogens (tertiary/aromatic N) is 2. The molecule has 18 heavy (non-hydrogen) atoms. The van der Waals surface area contributed by atoms with Gasteiger partial charge in [0.2, 0.25) is 0 Å². The minimum absolute atomic E-state index is 0.229. The Kier molecular flexibility index (Phi) is 4.41. The van der Waals surface area contributed by atoms with E-state index in [-0.39, 0.29) is 12.4 Å². The second kappa shape index (κ2) is 6.26. The predicted molar refractivity (Wildman–Crippen MR) is 69.5 cm³/mol. The van der Waals surface area contributed by atoms with Crippen molar-refractivity contribution in [3.63, 3.8) is 0 Å². The monoisotopic (exact) mass is 262 g/mol. The normalized spacial score (nSPS) is 10.3. The van der Waals surface area contributed by atoms with Gasteiger partial charge in [0, 0.05) is 23.7 Å². The molecule has 2 heterocycles. The highest BCUT2D eigenvalue weighted by molar-refractivity contribution is 7.09. The highest BCUT2D eigenvalue weighted by Gasteiger charge is 2.08. The second-order valence-corrected chi connectivity index (χ2v) is 4.65. The number of pyridine rings is 1. The van der Waals surface area contributed by atoms with Gasteiger partial charge in [0.25, 0.3) is 0 Å². The summed E-state index contributed by atoms with van der Waals surface area (Å²) in [6.45, 7) is 2.20. The number of hydrogen-bond donors (Lipinski definition) is 0. The molecule has 2 aromatic heterocycles. The number of rotatable bonds is 5. The van der Waals surface area contributed by atoms with Crippen LogP contribution in [0.3, 0.4) is 0 Å². The minimum atomic E-state index is -0.229. The molecule has 0 unspecified atom stereocenters. The lowest BCUT2D eigenvalue weighted by Gasteiger charge is -1.98. The van der Waals surface area contributed by atoms with Crippen molar-refractivity contribution in [2.75, 3.05) is 6.61 Å². The molecular weight excluding hydrogens is 248 g/mol. The molecule has 0 amide bonds. The van der Waals surface area contributed by atoms with Crippen molar-refractivity contribution in [3.05, 3.63) is 46.2 Å². The van der Waals surface area contributed by atoms with Gasteiger partial charge in [0.15, 0.2) is 0 Å². The Morgan fingerprint density at radius 3 is 3.00 bits per heavy atom. The van der Waals surface area contributed by atoms with Crippen molar-refractivity contribution in [2.45, 2.75) is 19.8 Å². The van der Waals surface area contributed by atoms with Crippen molar-refractivity contribution < 1.29 is 9.53 Å². The maximum absolute atomic E-state index is 11.3. The zero-order valence-corrected chi connectivity index (χ0v) is 10.9. The van der Waals surface area contributed by atoms with Crippen molar-refractivity contribution in [3.8, 4) is 0 Å². The lowest BCUT2D eigenvalue weighted by atomic mass is 10.3. The van der Waals surface area contributed by atoms with E-state index in [1.807, 2.05) is 23.6 Å². The van der Waals surface area contributed by atoms with Gasteiger partial charge in [-0.05, 0) is 19.1 Å². The minimum Gasteiger partial charge on any atom is -0.466 e. The highest BCUT2D eigenvalue weighted by Crippen LogP contribution is 2.14. The van der Waals surface area contributed by atoms with Gasteiger partial charge in [0.05, 0.1) is 23.7 Å². The summed E-state index contributed by atoms with van der Waals surface area (Å²) in [6.07, 6.45) is 2.71. The summed E-state index contributed by atoms with van der Waals surface area (Å²) in [6, 6.07) is 5.80. The summed E-state index contributed by atoms with van der Waals surface area (Å²) in [7, 11) is 0. The van der Waals surface area contributed by atoms with Crippen LogP contribution in [0.15, 0.2) is 29.8 Å². The van der Waals surface area contributed by atoms with E-state index in [9.17, 15) is 4.79 Å². The first kappa shape index (κ1) is 12.7. The average molecular weight is 262 g/mol. The maximum Gasteiger partial charge on any atom is 0.311 e. The molecule has 0 aliphatic heterocycles. The average Bonchev–Trinajstić information content (AvgIpc) is 2.78. The van der Waals surface area contributed by atoms with E-state index in [0.717, 1.165) is 16.4 Å². The van der Waals surface area contributed by atoms with Crippen LogP contribution in [-0.2, 0) is 22.4 Å². The van der Waals surface area contributed by atoms with Gasteiger partial charge in [-0.1, -0.05) is 6.07 Å². The molecule has 0 saturated heterocycles. The molecule has 5 heteroatoms. The first-order valence-electron chi connectivity index (χ1n) is 5.76. The maximum atomic E-state index is 11.3. The fraction of sp³-hybridized carbons (Fsp3) is 0.308. The number of carbonyl (C=O) groups is 1. The molecule has 0 radical (unpaired) electrons. The van der Waals surface area contributed by atoms with Gasteiger partial charge < -0.3 is 4.74 Å². The molecule has 4 nitrogen and oxygen atoms in total. The van der Waals surface area contributed by atoms with Gasteiger partial charge in [-0.2, -0.15) is 0 Å². The summed E-state index contributed by atoms with van der Waals surface area (Å²) >= 11 is 1.55. The van der Waals surface area contributed by atoms with Crippen molar-refractivity contribution in [1.82, 2.24) is 9.97 Å². The lowest BCUT2D eigenvalue weighted by molar-refractivity contribution is -0.142. The van der Waals surface area contributed by atoms with Crippen LogP contribution in [0.4, 0.5) is 0 Å². The van der Waals surface area contributed by atoms with E-state index in [1.54, 1.807) is 24.5 Å². The van der Waals surface area contributed by atoms with Gasteiger partial charge in [-0.3, -0.25) is 9.78 Å². The zero-order valence-electron chi connectivity index (χ0n) is 10.1. The summed E-state index contributed by atoms with van der Waals surface area (Å²) < 4.78 is 4.89. The largest absolute Gasteiger partial charge is 0.466 e. The number of thiazole rings is 1. The fourth-order valence-electron chi connectivity index (χ4n) is 1.53. The van der Waals surface area contributed by atoms with Crippen LogP contribution < -0.4 is 0 Å². The zero-order chi connectivity index (χ0) is 12.8. The molecule has 0 aromatic carbocycles. The molecule has 0 fully saturated rings. The molecule has 0 spiro atoms. The van der Waals surface area contributed by atoms with Crippen LogP contribution in [0.5, 0.6) is 0 Å². The third-order valence-corrected chi connectivity index (χ3v) is 3.19. The van der Waals surface area contributed by atoms with Crippen molar-refractivity contribution >= 4 is 17.3 Å². The number of carbonyl (C=O) groups excluding carboxylic acids is 1. The number of esters is 1. The molecule has 0 aliphatic carbocycles. The topological polar surface area (TPSA) is 52.1 Å². The Labute approximate surface area is 110 Å². The Morgan fingerprint density at radius 2 is 2.28 bits per heavy atom. The fourth-order valence-corrected chi connectivity index (χ4v) is 2.34. The highest BCUT2D eigenvalue weighted by atomic mass is 32.1. The first-order valence-corrected chi connectivity index (χ1v) is 6.64. The molecule has 0 bridgehead atoms. The molecule has 94 valence electrons. The van der Waals surface area contributed by atoms with Gasteiger partial charge >= 0.3 is 5.97 Å². The Hall–Kier alpha value is -1.75. The Morgan fingerprint density at radius 1 is 1.39 bits per heavy atom. The van der Waals surface area contributed by atoms with Gasteiger partial charge in [-0.15, -0.1) is 11.3 Å². The first-order chi connectivity index (χ1) is 8.78. The van der Waals surface area contributed by atoms with Crippen LogP contribution in [-0.4, -0.2) is 22.5 Å². The lowest BCUT2D eigenvalue weighted by Crippen LogP contribution is -2.07. The SMILES string of the molecule is CCOC(=O)Cc1csc(Cc2ccccn2)n1. The van der Waals surface area contributed by atoms with E-state index >= 15 is 0 Å². The number of ether oxygens (including phenoxy) is 1. The second-order valence-electron chi connectivity index (χ2n) is 3.71. The molecule has 0 atom stereocenters. The predicted octanol–water partition coefficient (Wildman–Crippen LogP) is 2.23. The quantitative estimate of drug-likeness (QED) is 0.775. The third-order valence-electron chi connectivity index (χ3n) is 2.29. The van der Waals surface area contributed by atoms with Crippen LogP contribution in [0.1, 0.15) is 23.3 Å². The summed E-state index contributed by atoms with van der Waals surface area (Å²) in [5, 5.41) is 2.86. The van der Waals surface area contributed by atoms with Crippen molar-refractivity contribution in [2.24, 2.45) is 0 Å². The smallest absolute Gasteiger partial charge is 0.311 e. The van der Waals surface area contributed by atoms with E-state index in [4.69, 9.17) is 4.74 Å². The molecule has 0 N–H and O–H groups in total. The van der Waals surface area contributed by atoms with E-state index in [1.165, 1.54) is 0 Å². The number of hydrogen-bond acceptors (Lipinski definition) is 5. The summed E-state index contributed by atoms with van der Waals surface area (Å²) in [4.78, 5) is 20.0. The summed E-state index contributed by atoms with van der Waals surface area (Å²) in [5.41, 5.74) is 1.75. The van der Waals surface area contributed by atoms with Gasteiger partial charge in [-0.25, -0.2) is 4.98 Å². The van der Waals surface area contributed by atoms with E-state index in [0.29, 0.717) is 13.0 Å². The molecular formula is C13H14N2O2S. The van der Waals surface area contributed by atoms with Crippen LogP contribution in [0.2, 0.25) is 0 Å². The molecule has 2 rings (SSSR count). The Bertz CT molecular complexity index is 511. The molecule has 2 aromatic rings. The number of aromatic nitrogens is 2. The van der Waals surface area contributed by atoms with E-state index in [2.05, 4.69) is 9.97 Å². The molecule has 0 saturated carbocycles. The third kappa shape index (κ3) is 3.63. The van der Waals surface area contributed by atoms with Crippen molar-refractivity contribution in [1.29, 1.82) is 0 Å². The Balaban J connectivity index is 1.96. The van der Waals surface area contributed by atoms with Gasteiger partial charge in [0.1, 0.15) is 0 Å².